The Morgan fingerprint density at radius 1 is 0.469 bits per heavy atom. The molecule has 0 saturated heterocycles. The van der Waals surface area contributed by atoms with Crippen LogP contribution >= 0.6 is 0 Å². The molecule has 0 atom stereocenters. The lowest BCUT2D eigenvalue weighted by Gasteiger charge is -2.15. The smallest absolute Gasteiger partial charge is 0.164 e. The fraction of sp³-hybridized carbons (Fsp3) is 0.0444. The molecule has 230 valence electrons. The molecule has 0 spiro atoms. The van der Waals surface area contributed by atoms with Crippen LogP contribution in [0.15, 0.2) is 158 Å². The number of benzene rings is 7. The minimum absolute atomic E-state index is 0.669. The second kappa shape index (κ2) is 11.1. The normalized spacial score (nSPS) is 13.2. The molecule has 0 saturated carbocycles. The summed E-state index contributed by atoms with van der Waals surface area (Å²) in [6, 6.07) is 49.9. The lowest BCUT2D eigenvalue weighted by atomic mass is 10.00. The molecule has 0 N–H and O–H groups in total. The van der Waals surface area contributed by atoms with Crippen molar-refractivity contribution in [1.82, 2.24) is 19.5 Å². The van der Waals surface area contributed by atoms with Gasteiger partial charge in [-0.2, -0.15) is 0 Å². The predicted octanol–water partition coefficient (Wildman–Crippen LogP) is 11.5. The van der Waals surface area contributed by atoms with Gasteiger partial charge in [0.25, 0.3) is 0 Å². The second-order valence-corrected chi connectivity index (χ2v) is 12.7. The van der Waals surface area contributed by atoms with Gasteiger partial charge in [0.15, 0.2) is 17.5 Å². The van der Waals surface area contributed by atoms with E-state index in [9.17, 15) is 0 Å². The Labute approximate surface area is 283 Å². The molecule has 0 unspecified atom stereocenters. The highest BCUT2D eigenvalue weighted by atomic mass is 15.0. The first kappa shape index (κ1) is 27.7. The van der Waals surface area contributed by atoms with Crippen molar-refractivity contribution in [2.75, 3.05) is 0 Å². The molecule has 0 fully saturated rings. The molecular formula is C45H30N4. The maximum absolute atomic E-state index is 5.15. The lowest BCUT2D eigenvalue weighted by molar-refractivity contribution is 0.978. The first-order chi connectivity index (χ1) is 24.3. The zero-order chi connectivity index (χ0) is 32.3. The number of nitrogens with zero attached hydrogens (tertiary/aromatic N) is 4. The third-order valence-corrected chi connectivity index (χ3v) is 9.85. The number of aromatic nitrogens is 4. The van der Waals surface area contributed by atoms with Crippen LogP contribution in [0.5, 0.6) is 0 Å². The van der Waals surface area contributed by atoms with Gasteiger partial charge in [0.1, 0.15) is 0 Å². The van der Waals surface area contributed by atoms with Gasteiger partial charge in [0.05, 0.1) is 16.7 Å². The van der Waals surface area contributed by atoms with Crippen molar-refractivity contribution in [1.29, 1.82) is 0 Å². The Kier molecular flexibility index (Phi) is 6.28. The number of allylic oxidation sites excluding steroid dienone is 4. The Bertz CT molecular complexity index is 2730. The topological polar surface area (TPSA) is 43.6 Å². The van der Waals surface area contributed by atoms with Crippen LogP contribution in [0.25, 0.3) is 88.2 Å². The van der Waals surface area contributed by atoms with Crippen LogP contribution < -0.4 is 0 Å². The van der Waals surface area contributed by atoms with Crippen LogP contribution in [0.1, 0.15) is 18.7 Å². The molecule has 4 nitrogen and oxygen atoms in total. The molecule has 10 rings (SSSR count). The van der Waals surface area contributed by atoms with E-state index in [2.05, 4.69) is 144 Å². The maximum Gasteiger partial charge on any atom is 0.164 e. The highest BCUT2D eigenvalue weighted by molar-refractivity contribution is 6.28. The molecule has 0 aliphatic heterocycles. The van der Waals surface area contributed by atoms with Gasteiger partial charge < -0.3 is 4.57 Å². The van der Waals surface area contributed by atoms with Gasteiger partial charge in [-0.1, -0.05) is 133 Å². The molecule has 0 radical (unpaired) electrons. The Morgan fingerprint density at radius 3 is 1.69 bits per heavy atom. The molecule has 0 amide bonds. The number of hydrogen-bond acceptors (Lipinski definition) is 3. The van der Waals surface area contributed by atoms with Gasteiger partial charge in [0.2, 0.25) is 0 Å². The van der Waals surface area contributed by atoms with E-state index in [4.69, 9.17) is 15.0 Å². The Balaban J connectivity index is 1.31. The van der Waals surface area contributed by atoms with Crippen molar-refractivity contribution in [3.05, 3.63) is 164 Å². The molecule has 49 heavy (non-hydrogen) atoms. The molecule has 1 aliphatic rings. The molecule has 9 aromatic rings. The van der Waals surface area contributed by atoms with Gasteiger partial charge in [-0.15, -0.1) is 0 Å². The SMILES string of the molecule is C1=CCCC(c2nc(-c3ccccc3)nc(-c3cc(-n4c5ccc6ccccc6c5c5c6ccccc6ccc54)c4ccccc4c3)n2)=C1. The summed E-state index contributed by atoms with van der Waals surface area (Å²) in [5, 5.41) is 9.82. The van der Waals surface area contributed by atoms with E-state index in [1.165, 1.54) is 48.7 Å². The quantitative estimate of drug-likeness (QED) is 0.195. The largest absolute Gasteiger partial charge is 0.309 e. The maximum atomic E-state index is 5.15. The van der Waals surface area contributed by atoms with Crippen molar-refractivity contribution in [3.63, 3.8) is 0 Å². The van der Waals surface area contributed by atoms with Gasteiger partial charge in [-0.3, -0.25) is 0 Å². The van der Waals surface area contributed by atoms with Gasteiger partial charge >= 0.3 is 0 Å². The highest BCUT2D eigenvalue weighted by Crippen LogP contribution is 2.42. The van der Waals surface area contributed by atoms with Crippen LogP contribution in [0, 0.1) is 0 Å². The van der Waals surface area contributed by atoms with E-state index in [1.54, 1.807) is 0 Å². The first-order valence-corrected chi connectivity index (χ1v) is 16.8. The number of fused-ring (bicyclic) bond motifs is 8. The molecular weight excluding hydrogens is 597 g/mol. The summed E-state index contributed by atoms with van der Waals surface area (Å²) in [5.41, 5.74) is 6.51. The van der Waals surface area contributed by atoms with E-state index >= 15 is 0 Å². The van der Waals surface area contributed by atoms with Crippen molar-refractivity contribution < 1.29 is 0 Å². The number of hydrogen-bond donors (Lipinski definition) is 0. The molecule has 2 aromatic heterocycles. The average molecular weight is 627 g/mol. The van der Waals surface area contributed by atoms with Gasteiger partial charge in [-0.05, 0) is 69.6 Å². The summed E-state index contributed by atoms with van der Waals surface area (Å²) in [4.78, 5) is 15.3. The summed E-state index contributed by atoms with van der Waals surface area (Å²) in [5.74, 6) is 2.08. The molecule has 0 bridgehead atoms. The van der Waals surface area contributed by atoms with Crippen molar-refractivity contribution in [2.24, 2.45) is 0 Å². The zero-order valence-corrected chi connectivity index (χ0v) is 26.7. The third-order valence-electron chi connectivity index (χ3n) is 9.85. The fourth-order valence-electron chi connectivity index (χ4n) is 7.57. The van der Waals surface area contributed by atoms with E-state index in [-0.39, 0.29) is 0 Å². The summed E-state index contributed by atoms with van der Waals surface area (Å²) >= 11 is 0. The minimum atomic E-state index is 0.669. The van der Waals surface area contributed by atoms with Crippen LogP contribution in [0.2, 0.25) is 0 Å². The monoisotopic (exact) mass is 626 g/mol. The second-order valence-electron chi connectivity index (χ2n) is 12.7. The average Bonchev–Trinajstić information content (AvgIpc) is 3.53. The lowest BCUT2D eigenvalue weighted by Crippen LogP contribution is -2.04. The summed E-state index contributed by atoms with van der Waals surface area (Å²) in [6.45, 7) is 0. The van der Waals surface area contributed by atoms with E-state index < -0.39 is 0 Å². The van der Waals surface area contributed by atoms with Gasteiger partial charge in [-0.25, -0.2) is 15.0 Å². The predicted molar refractivity (Wildman–Crippen MR) is 204 cm³/mol. The third kappa shape index (κ3) is 4.49. The van der Waals surface area contributed by atoms with Crippen LogP contribution in [0.3, 0.4) is 0 Å². The van der Waals surface area contributed by atoms with Crippen LogP contribution in [-0.4, -0.2) is 19.5 Å². The van der Waals surface area contributed by atoms with Crippen LogP contribution in [0.4, 0.5) is 0 Å². The number of rotatable bonds is 4. The first-order valence-electron chi connectivity index (χ1n) is 16.8. The van der Waals surface area contributed by atoms with E-state index in [0.717, 1.165) is 46.4 Å². The summed E-state index contributed by atoms with van der Waals surface area (Å²) in [7, 11) is 0. The van der Waals surface area contributed by atoms with Crippen molar-refractivity contribution in [2.45, 2.75) is 12.8 Å². The van der Waals surface area contributed by atoms with E-state index in [0.29, 0.717) is 11.6 Å². The van der Waals surface area contributed by atoms with Crippen LogP contribution in [-0.2, 0) is 0 Å². The molecule has 2 heterocycles. The highest BCUT2D eigenvalue weighted by Gasteiger charge is 2.21. The fourth-order valence-corrected chi connectivity index (χ4v) is 7.57. The zero-order valence-electron chi connectivity index (χ0n) is 26.7. The Morgan fingerprint density at radius 2 is 1.04 bits per heavy atom. The molecule has 1 aliphatic carbocycles. The summed E-state index contributed by atoms with van der Waals surface area (Å²) in [6.07, 6.45) is 8.31. The van der Waals surface area contributed by atoms with Crippen molar-refractivity contribution in [3.8, 4) is 28.5 Å². The van der Waals surface area contributed by atoms with E-state index in [1.807, 2.05) is 18.2 Å². The Hall–Kier alpha value is -6.39. The minimum Gasteiger partial charge on any atom is -0.309 e. The molecule has 4 heteroatoms. The molecule has 7 aromatic carbocycles. The summed E-state index contributed by atoms with van der Waals surface area (Å²) < 4.78 is 2.45. The van der Waals surface area contributed by atoms with Crippen molar-refractivity contribution >= 4 is 59.7 Å². The van der Waals surface area contributed by atoms with Gasteiger partial charge in [0, 0.05) is 27.3 Å². The standard InChI is InChI=1S/C45H30N4/c1-3-15-31(16-4-1)43-46-44(32-17-5-2-6-18-32)48-45(47-43)34-27-33-19-9-10-20-35(33)40(28-34)49-38-25-23-29-13-7-11-21-36(29)41(38)42-37-22-12-8-14-30(37)24-26-39(42)49/h1-5,7-17,19-28H,6,18H2.